The highest BCUT2D eigenvalue weighted by molar-refractivity contribution is 9.10. The van der Waals surface area contributed by atoms with E-state index in [1.807, 2.05) is 0 Å². The van der Waals surface area contributed by atoms with Gasteiger partial charge in [0.25, 0.3) is 12.3 Å². The number of nitrogens with one attached hydrogen (secondary N) is 1. The van der Waals surface area contributed by atoms with Crippen molar-refractivity contribution in [3.63, 3.8) is 0 Å². The summed E-state index contributed by atoms with van der Waals surface area (Å²) in [6.45, 7) is -0.640. The molecular weight excluding hydrogens is 258 g/mol. The Bertz CT molecular complexity index is 333. The van der Waals surface area contributed by atoms with E-state index in [-0.39, 0.29) is 0 Å². The van der Waals surface area contributed by atoms with Gasteiger partial charge in [0.15, 0.2) is 0 Å². The predicted molar refractivity (Wildman–Crippen MR) is 50.3 cm³/mol. The molecule has 0 spiro atoms. The fraction of sp³-hybridized carbons (Fsp3) is 0.250. The van der Waals surface area contributed by atoms with Gasteiger partial charge in [-0.05, 0) is 28.1 Å². The normalized spacial score (nSPS) is 10.3. The second-order valence-electron chi connectivity index (χ2n) is 2.47. The van der Waals surface area contributed by atoms with E-state index in [1.165, 1.54) is 18.3 Å². The lowest BCUT2D eigenvalue weighted by Crippen LogP contribution is -2.28. The lowest BCUT2D eigenvalue weighted by molar-refractivity contribution is 0.0891. The molecule has 1 rings (SSSR count). The number of amides is 1. The smallest absolute Gasteiger partial charge is 0.255 e. The number of carbonyl (C=O) groups is 1. The summed E-state index contributed by atoms with van der Waals surface area (Å²) in [5, 5.41) is 2.09. The maximum atomic E-state index is 11.8. The van der Waals surface area contributed by atoms with Crippen molar-refractivity contribution in [3.8, 4) is 0 Å². The first-order valence-electron chi connectivity index (χ1n) is 3.77. The third-order valence-electron chi connectivity index (χ3n) is 1.41. The first kappa shape index (κ1) is 11.0. The number of pyridine rings is 1. The molecule has 0 atom stereocenters. The third-order valence-corrected chi connectivity index (χ3v) is 1.84. The number of halogens is 3. The average Bonchev–Trinajstić information content (AvgIpc) is 2.14. The number of hydrogen-bond acceptors (Lipinski definition) is 2. The van der Waals surface area contributed by atoms with Gasteiger partial charge in [-0.3, -0.25) is 4.79 Å². The Morgan fingerprint density at radius 3 is 2.93 bits per heavy atom. The van der Waals surface area contributed by atoms with Crippen LogP contribution in [0, 0.1) is 0 Å². The molecule has 0 fully saturated rings. The Morgan fingerprint density at radius 1 is 1.64 bits per heavy atom. The van der Waals surface area contributed by atoms with Crippen LogP contribution in [0.5, 0.6) is 0 Å². The van der Waals surface area contributed by atoms with E-state index >= 15 is 0 Å². The molecule has 1 aromatic rings. The number of nitrogens with zero attached hydrogens (tertiary/aromatic N) is 1. The van der Waals surface area contributed by atoms with E-state index in [2.05, 4.69) is 26.2 Å². The van der Waals surface area contributed by atoms with E-state index in [4.69, 9.17) is 0 Å². The van der Waals surface area contributed by atoms with Crippen molar-refractivity contribution >= 4 is 21.8 Å². The summed E-state index contributed by atoms with van der Waals surface area (Å²) < 4.78 is 24.0. The van der Waals surface area contributed by atoms with Crippen LogP contribution in [0.3, 0.4) is 0 Å². The van der Waals surface area contributed by atoms with Gasteiger partial charge >= 0.3 is 0 Å². The van der Waals surface area contributed by atoms with Gasteiger partial charge in [0.1, 0.15) is 4.60 Å². The number of carbonyl (C=O) groups excluding carboxylic acids is 1. The van der Waals surface area contributed by atoms with Crippen LogP contribution in [0.15, 0.2) is 22.9 Å². The third kappa shape index (κ3) is 3.37. The first-order chi connectivity index (χ1) is 6.59. The molecule has 1 N–H and O–H groups in total. The monoisotopic (exact) mass is 264 g/mol. The molecule has 0 radical (unpaired) electrons. The Morgan fingerprint density at radius 2 is 2.36 bits per heavy atom. The lowest BCUT2D eigenvalue weighted by atomic mass is 10.2. The highest BCUT2D eigenvalue weighted by atomic mass is 79.9. The van der Waals surface area contributed by atoms with Crippen molar-refractivity contribution in [1.82, 2.24) is 10.3 Å². The minimum absolute atomic E-state index is 0.299. The molecule has 14 heavy (non-hydrogen) atoms. The van der Waals surface area contributed by atoms with Gasteiger partial charge < -0.3 is 5.32 Å². The summed E-state index contributed by atoms with van der Waals surface area (Å²) in [6, 6.07) is 2.91. The highest BCUT2D eigenvalue weighted by Gasteiger charge is 2.08. The quantitative estimate of drug-likeness (QED) is 0.847. The van der Waals surface area contributed by atoms with Crippen molar-refractivity contribution in [2.24, 2.45) is 0 Å². The molecule has 1 aromatic heterocycles. The Balaban J connectivity index is 2.61. The molecule has 0 unspecified atom stereocenters. The minimum Gasteiger partial charge on any atom is -0.346 e. The predicted octanol–water partition coefficient (Wildman–Crippen LogP) is 1.84. The second kappa shape index (κ2) is 4.99. The zero-order valence-corrected chi connectivity index (χ0v) is 8.59. The molecule has 0 bridgehead atoms. The zero-order chi connectivity index (χ0) is 10.6. The van der Waals surface area contributed by atoms with Gasteiger partial charge in [0.05, 0.1) is 6.54 Å². The molecule has 0 saturated heterocycles. The topological polar surface area (TPSA) is 42.0 Å². The maximum absolute atomic E-state index is 11.8. The highest BCUT2D eigenvalue weighted by Crippen LogP contribution is 2.07. The van der Waals surface area contributed by atoms with Gasteiger partial charge in [-0.15, -0.1) is 0 Å². The van der Waals surface area contributed by atoms with Crippen molar-refractivity contribution < 1.29 is 13.6 Å². The first-order valence-corrected chi connectivity index (χ1v) is 4.57. The summed E-state index contributed by atoms with van der Waals surface area (Å²) in [5.74, 6) is -0.534. The Kier molecular flexibility index (Phi) is 3.94. The zero-order valence-electron chi connectivity index (χ0n) is 7.01. The largest absolute Gasteiger partial charge is 0.346 e. The van der Waals surface area contributed by atoms with Crippen LogP contribution in [-0.2, 0) is 0 Å². The summed E-state index contributed by atoms with van der Waals surface area (Å²) in [7, 11) is 0. The average molecular weight is 265 g/mol. The van der Waals surface area contributed by atoms with Crippen LogP contribution >= 0.6 is 15.9 Å². The number of hydrogen-bond donors (Lipinski definition) is 1. The van der Waals surface area contributed by atoms with Crippen molar-refractivity contribution in [1.29, 1.82) is 0 Å². The van der Waals surface area contributed by atoms with Gasteiger partial charge in [-0.2, -0.15) is 0 Å². The fourth-order valence-electron chi connectivity index (χ4n) is 0.816. The fourth-order valence-corrected chi connectivity index (χ4v) is 1.18. The summed E-state index contributed by atoms with van der Waals surface area (Å²) in [4.78, 5) is 15.0. The molecule has 0 saturated carbocycles. The molecule has 6 heteroatoms. The van der Waals surface area contributed by atoms with Crippen molar-refractivity contribution in [3.05, 3.63) is 28.5 Å². The molecule has 1 amide bonds. The van der Waals surface area contributed by atoms with Crippen LogP contribution in [0.2, 0.25) is 0 Å². The van der Waals surface area contributed by atoms with E-state index < -0.39 is 18.9 Å². The molecule has 1 heterocycles. The van der Waals surface area contributed by atoms with Gasteiger partial charge in [0.2, 0.25) is 0 Å². The number of aromatic nitrogens is 1. The van der Waals surface area contributed by atoms with E-state index in [1.54, 1.807) is 0 Å². The van der Waals surface area contributed by atoms with E-state index in [0.717, 1.165) is 0 Å². The van der Waals surface area contributed by atoms with Crippen molar-refractivity contribution in [2.75, 3.05) is 6.54 Å². The molecule has 0 aliphatic rings. The van der Waals surface area contributed by atoms with Gasteiger partial charge in [0, 0.05) is 11.8 Å². The molecule has 0 aliphatic carbocycles. The molecule has 0 aliphatic heterocycles. The molecule has 3 nitrogen and oxygen atoms in total. The molecular formula is C8H7BrF2N2O. The van der Waals surface area contributed by atoms with Gasteiger partial charge in [-0.1, -0.05) is 0 Å². The Labute approximate surface area is 87.7 Å². The van der Waals surface area contributed by atoms with Crippen molar-refractivity contribution in [2.45, 2.75) is 6.43 Å². The molecule has 76 valence electrons. The molecule has 0 aromatic carbocycles. The van der Waals surface area contributed by atoms with E-state index in [9.17, 15) is 13.6 Å². The second-order valence-corrected chi connectivity index (χ2v) is 3.28. The van der Waals surface area contributed by atoms with E-state index in [0.29, 0.717) is 10.2 Å². The minimum atomic E-state index is -2.54. The lowest BCUT2D eigenvalue weighted by Gasteiger charge is -2.03. The number of alkyl halides is 2. The maximum Gasteiger partial charge on any atom is 0.255 e. The van der Waals surface area contributed by atoms with Crippen LogP contribution in [0.4, 0.5) is 8.78 Å². The van der Waals surface area contributed by atoms with Crippen LogP contribution in [0.25, 0.3) is 0 Å². The van der Waals surface area contributed by atoms with Crippen LogP contribution in [-0.4, -0.2) is 23.9 Å². The summed E-state index contributed by atoms with van der Waals surface area (Å²) >= 11 is 3.07. The SMILES string of the molecule is O=C(NCC(F)F)c1ccnc(Br)c1. The van der Waals surface area contributed by atoms with Gasteiger partial charge in [-0.25, -0.2) is 13.8 Å². The van der Waals surface area contributed by atoms with Crippen LogP contribution in [0.1, 0.15) is 10.4 Å². The standard InChI is InChI=1S/C8H7BrF2N2O/c9-6-3-5(1-2-12-6)8(14)13-4-7(10)11/h1-3,7H,4H2,(H,13,14). The van der Waals surface area contributed by atoms with Crippen LogP contribution < -0.4 is 5.32 Å². The number of rotatable bonds is 3. The summed E-state index contributed by atoms with van der Waals surface area (Å²) in [6.07, 6.45) is -1.12. The summed E-state index contributed by atoms with van der Waals surface area (Å²) in [5.41, 5.74) is 0.299. The Hall–Kier alpha value is -1.04.